The SMILES string of the molecule is CCCCC(C)=Nc1c(N)nc2cc(CCCN3CCN(C(=O)C(C)(S)CC(C)(C)C)CC3)ccc2c1C. The molecule has 1 fully saturated rings. The van der Waals surface area contributed by atoms with Crippen LogP contribution in [0.5, 0.6) is 0 Å². The fourth-order valence-corrected chi connectivity index (χ4v) is 6.21. The van der Waals surface area contributed by atoms with Crippen molar-refractivity contribution in [1.82, 2.24) is 14.8 Å². The number of nitrogens with two attached hydrogens (primary N) is 1. The van der Waals surface area contributed by atoms with E-state index in [0.29, 0.717) is 5.82 Å². The van der Waals surface area contributed by atoms with Gasteiger partial charge in [-0.2, -0.15) is 12.6 Å². The van der Waals surface area contributed by atoms with E-state index in [2.05, 4.69) is 64.6 Å². The Bertz CT molecular complexity index is 1140. The van der Waals surface area contributed by atoms with Gasteiger partial charge in [0, 0.05) is 37.3 Å². The number of thiol groups is 1. The third-order valence-corrected chi connectivity index (χ3v) is 7.78. The quantitative estimate of drug-likeness (QED) is 0.263. The number of piperazine rings is 1. The van der Waals surface area contributed by atoms with Gasteiger partial charge in [-0.1, -0.05) is 46.2 Å². The molecule has 2 heterocycles. The van der Waals surface area contributed by atoms with Crippen LogP contribution in [0.1, 0.15) is 84.8 Å². The number of unbranched alkanes of at least 4 members (excludes halogenated alkanes) is 1. The molecule has 0 spiro atoms. The Morgan fingerprint density at radius 3 is 2.45 bits per heavy atom. The lowest BCUT2D eigenvalue weighted by Crippen LogP contribution is -2.54. The first-order chi connectivity index (χ1) is 17.8. The van der Waals surface area contributed by atoms with Crippen molar-refractivity contribution in [2.45, 2.75) is 91.7 Å². The number of carbonyl (C=O) groups excluding carboxylic acids is 1. The Labute approximate surface area is 235 Å². The van der Waals surface area contributed by atoms with Gasteiger partial charge in [0.1, 0.15) is 11.5 Å². The summed E-state index contributed by atoms with van der Waals surface area (Å²) in [5, 5.41) is 1.12. The van der Waals surface area contributed by atoms with Crippen LogP contribution in [-0.2, 0) is 11.2 Å². The van der Waals surface area contributed by atoms with E-state index in [9.17, 15) is 4.79 Å². The number of anilines is 1. The average molecular weight is 540 g/mol. The van der Waals surface area contributed by atoms with Crippen LogP contribution in [0.15, 0.2) is 23.2 Å². The summed E-state index contributed by atoms with van der Waals surface area (Å²) in [5.41, 5.74) is 11.7. The molecule has 1 aromatic heterocycles. The van der Waals surface area contributed by atoms with Gasteiger partial charge in [0.25, 0.3) is 0 Å². The van der Waals surface area contributed by atoms with Crippen LogP contribution >= 0.6 is 12.6 Å². The molecule has 3 rings (SSSR count). The molecule has 0 aliphatic carbocycles. The molecule has 38 heavy (non-hydrogen) atoms. The topological polar surface area (TPSA) is 74.8 Å². The summed E-state index contributed by atoms with van der Waals surface area (Å²) in [6.07, 6.45) is 6.11. The first-order valence-corrected chi connectivity index (χ1v) is 14.7. The molecule has 0 bridgehead atoms. The standard InChI is InChI=1S/C31H49N5OS/c1-8-9-11-22(2)33-27-23(3)25-14-13-24(20-26(25)34-28(27)32)12-10-15-35-16-18-36(19-17-35)29(37)31(7,38)21-30(4,5)6/h13-14,20,38H,8-12,15-19,21H2,1-7H3,(H2,32,34). The average Bonchev–Trinajstić information content (AvgIpc) is 2.83. The zero-order chi connectivity index (χ0) is 28.1. The number of nitrogen functional groups attached to an aromatic ring is 1. The first kappa shape index (κ1) is 30.4. The number of hydrogen-bond donors (Lipinski definition) is 2. The van der Waals surface area contributed by atoms with Crippen molar-refractivity contribution in [3.05, 3.63) is 29.3 Å². The molecule has 1 atom stereocenters. The monoisotopic (exact) mass is 539 g/mol. The Hall–Kier alpha value is -2.12. The van der Waals surface area contributed by atoms with Gasteiger partial charge >= 0.3 is 0 Å². The smallest absolute Gasteiger partial charge is 0.238 e. The number of amides is 1. The van der Waals surface area contributed by atoms with E-state index < -0.39 is 4.75 Å². The normalized spacial score (nSPS) is 17.2. The molecule has 2 aromatic rings. The maximum atomic E-state index is 13.1. The van der Waals surface area contributed by atoms with Gasteiger partial charge in [-0.25, -0.2) is 4.98 Å². The molecule has 1 aromatic carbocycles. The second-order valence-corrected chi connectivity index (χ2v) is 13.5. The molecule has 1 saturated heterocycles. The van der Waals surface area contributed by atoms with E-state index in [4.69, 9.17) is 28.3 Å². The maximum absolute atomic E-state index is 13.1. The lowest BCUT2D eigenvalue weighted by atomic mass is 9.84. The maximum Gasteiger partial charge on any atom is 0.238 e. The minimum Gasteiger partial charge on any atom is -0.382 e. The number of carbonyl (C=O) groups is 1. The van der Waals surface area contributed by atoms with Crippen molar-refractivity contribution in [1.29, 1.82) is 0 Å². The molecule has 2 N–H and O–H groups in total. The highest BCUT2D eigenvalue weighted by molar-refractivity contribution is 7.82. The highest BCUT2D eigenvalue weighted by Gasteiger charge is 2.37. The first-order valence-electron chi connectivity index (χ1n) is 14.3. The summed E-state index contributed by atoms with van der Waals surface area (Å²) in [5.74, 6) is 0.675. The molecule has 1 amide bonds. The third kappa shape index (κ3) is 8.19. The van der Waals surface area contributed by atoms with E-state index in [1.165, 1.54) is 5.56 Å². The van der Waals surface area contributed by atoms with Crippen LogP contribution in [-0.4, -0.2) is 63.9 Å². The lowest BCUT2D eigenvalue weighted by Gasteiger charge is -2.40. The Kier molecular flexibility index (Phi) is 10.3. The molecule has 1 unspecified atom stereocenters. The third-order valence-electron chi connectivity index (χ3n) is 7.43. The number of aromatic nitrogens is 1. The van der Waals surface area contributed by atoms with Gasteiger partial charge in [0.05, 0.1) is 10.3 Å². The van der Waals surface area contributed by atoms with Crippen LogP contribution < -0.4 is 5.73 Å². The van der Waals surface area contributed by atoms with E-state index in [1.807, 2.05) is 11.8 Å². The van der Waals surface area contributed by atoms with Crippen molar-refractivity contribution in [2.75, 3.05) is 38.5 Å². The fraction of sp³-hybridized carbons (Fsp3) is 0.645. The second kappa shape index (κ2) is 12.8. The Balaban J connectivity index is 1.54. The van der Waals surface area contributed by atoms with Gasteiger partial charge < -0.3 is 10.6 Å². The van der Waals surface area contributed by atoms with Crippen LogP contribution in [0.3, 0.4) is 0 Å². The van der Waals surface area contributed by atoms with Crippen molar-refractivity contribution in [3.63, 3.8) is 0 Å². The minimum absolute atomic E-state index is 0.0696. The number of pyridine rings is 1. The molecule has 1 aliphatic rings. The van der Waals surface area contributed by atoms with Gasteiger partial charge in [0.15, 0.2) is 0 Å². The van der Waals surface area contributed by atoms with E-state index in [-0.39, 0.29) is 11.3 Å². The molecule has 0 radical (unpaired) electrons. The molecule has 0 saturated carbocycles. The molecule has 210 valence electrons. The highest BCUT2D eigenvalue weighted by Crippen LogP contribution is 2.34. The van der Waals surface area contributed by atoms with Crippen molar-refractivity contribution in [3.8, 4) is 0 Å². The number of benzene rings is 1. The summed E-state index contributed by atoms with van der Waals surface area (Å²) in [6.45, 7) is 19.2. The van der Waals surface area contributed by atoms with Crippen molar-refractivity contribution in [2.24, 2.45) is 10.4 Å². The number of aliphatic imine (C=N–C) groups is 1. The summed E-state index contributed by atoms with van der Waals surface area (Å²) in [7, 11) is 0. The fourth-order valence-electron chi connectivity index (χ4n) is 5.60. The molecular formula is C31H49N5OS. The zero-order valence-corrected chi connectivity index (χ0v) is 25.6. The molecule has 1 aliphatic heterocycles. The molecule has 7 heteroatoms. The number of rotatable bonds is 10. The Morgan fingerprint density at radius 1 is 1.13 bits per heavy atom. The number of aryl methyl sites for hydroxylation is 2. The minimum atomic E-state index is -0.618. The Morgan fingerprint density at radius 2 is 1.82 bits per heavy atom. The van der Waals surface area contributed by atoms with Gasteiger partial charge in [0.2, 0.25) is 5.91 Å². The summed E-state index contributed by atoms with van der Waals surface area (Å²) >= 11 is 4.75. The lowest BCUT2D eigenvalue weighted by molar-refractivity contribution is -0.135. The second-order valence-electron chi connectivity index (χ2n) is 12.5. The van der Waals surface area contributed by atoms with Crippen LogP contribution in [0.4, 0.5) is 11.5 Å². The van der Waals surface area contributed by atoms with Gasteiger partial charge in [-0.15, -0.1) is 0 Å². The number of nitrogens with zero attached hydrogens (tertiary/aromatic N) is 4. The van der Waals surface area contributed by atoms with E-state index in [0.717, 1.165) is 99.1 Å². The van der Waals surface area contributed by atoms with Crippen LogP contribution in [0, 0.1) is 12.3 Å². The predicted molar refractivity (Wildman–Crippen MR) is 166 cm³/mol. The summed E-state index contributed by atoms with van der Waals surface area (Å²) in [4.78, 5) is 27.1. The van der Waals surface area contributed by atoms with Crippen LogP contribution in [0.2, 0.25) is 0 Å². The number of fused-ring (bicyclic) bond motifs is 1. The predicted octanol–water partition coefficient (Wildman–Crippen LogP) is 6.61. The zero-order valence-electron chi connectivity index (χ0n) is 24.7. The summed E-state index contributed by atoms with van der Waals surface area (Å²) < 4.78 is -0.618. The van der Waals surface area contributed by atoms with Gasteiger partial charge in [-0.05, 0) is 82.0 Å². The largest absolute Gasteiger partial charge is 0.382 e. The molecular weight excluding hydrogens is 490 g/mol. The van der Waals surface area contributed by atoms with E-state index >= 15 is 0 Å². The highest BCUT2D eigenvalue weighted by atomic mass is 32.1. The van der Waals surface area contributed by atoms with Crippen LogP contribution in [0.25, 0.3) is 10.9 Å². The van der Waals surface area contributed by atoms with Crippen molar-refractivity contribution >= 4 is 46.7 Å². The number of hydrogen-bond acceptors (Lipinski definition) is 6. The van der Waals surface area contributed by atoms with Gasteiger partial charge in [-0.3, -0.25) is 14.7 Å². The van der Waals surface area contributed by atoms with Crippen molar-refractivity contribution < 1.29 is 4.79 Å². The summed E-state index contributed by atoms with van der Waals surface area (Å²) in [6, 6.07) is 6.56. The van der Waals surface area contributed by atoms with E-state index in [1.54, 1.807) is 0 Å². The molecule has 6 nitrogen and oxygen atoms in total.